The monoisotopic (exact) mass is 401 g/mol. The molecule has 0 saturated carbocycles. The van der Waals surface area contributed by atoms with E-state index in [1.165, 1.54) is 30.4 Å². The Morgan fingerprint density at radius 1 is 1.21 bits per heavy atom. The second kappa shape index (κ2) is 7.47. The summed E-state index contributed by atoms with van der Waals surface area (Å²) in [5.41, 5.74) is 1.58. The molecule has 0 aliphatic rings. The smallest absolute Gasteiger partial charge is 0.341 e. The maximum absolute atomic E-state index is 12.7. The maximum atomic E-state index is 12.7. The highest BCUT2D eigenvalue weighted by Crippen LogP contribution is 2.33. The van der Waals surface area contributed by atoms with Crippen molar-refractivity contribution >= 4 is 39.2 Å². The number of amides is 1. The molecule has 0 bridgehead atoms. The number of carbonyl (C=O) groups excluding carboxylic acids is 2. The molecule has 3 rings (SSSR count). The number of anilines is 1. The molecule has 0 saturated heterocycles. The highest BCUT2D eigenvalue weighted by Gasteiger charge is 2.22. The minimum absolute atomic E-state index is 0.00844. The van der Waals surface area contributed by atoms with Crippen LogP contribution in [0.15, 0.2) is 27.4 Å². The van der Waals surface area contributed by atoms with E-state index in [9.17, 15) is 19.5 Å². The van der Waals surface area contributed by atoms with Gasteiger partial charge < -0.3 is 19.6 Å². The largest absolute Gasteiger partial charge is 0.508 e. The maximum Gasteiger partial charge on any atom is 0.341 e. The molecule has 2 N–H and O–H groups in total. The number of esters is 1. The van der Waals surface area contributed by atoms with Crippen LogP contribution in [0, 0.1) is 20.8 Å². The third-order valence-corrected chi connectivity index (χ3v) is 5.58. The SMILES string of the molecule is CC(=O)Nc1sc(C)c(C)c1C(=O)OCc1cc(=O)oc2c(C)c(O)ccc12. The molecular formula is C20H19NO6S. The summed E-state index contributed by atoms with van der Waals surface area (Å²) in [6.07, 6.45) is 0. The number of benzene rings is 1. The fourth-order valence-corrected chi connectivity index (χ4v) is 3.97. The minimum atomic E-state index is -0.603. The van der Waals surface area contributed by atoms with Gasteiger partial charge in [0.25, 0.3) is 0 Å². The third kappa shape index (κ3) is 3.63. The highest BCUT2D eigenvalue weighted by molar-refractivity contribution is 7.16. The van der Waals surface area contributed by atoms with Crippen molar-refractivity contribution in [2.24, 2.45) is 0 Å². The zero-order chi connectivity index (χ0) is 20.6. The van der Waals surface area contributed by atoms with Crippen LogP contribution in [-0.4, -0.2) is 17.0 Å². The average Bonchev–Trinajstić information content (AvgIpc) is 2.89. The number of phenols is 1. The number of nitrogens with one attached hydrogen (secondary N) is 1. The summed E-state index contributed by atoms with van der Waals surface area (Å²) in [5, 5.41) is 13.5. The van der Waals surface area contributed by atoms with Crippen LogP contribution < -0.4 is 10.9 Å². The van der Waals surface area contributed by atoms with E-state index < -0.39 is 11.6 Å². The number of ether oxygens (including phenoxy) is 1. The second-order valence-corrected chi connectivity index (χ2v) is 7.65. The molecule has 0 spiro atoms. The fourth-order valence-electron chi connectivity index (χ4n) is 2.87. The van der Waals surface area contributed by atoms with Gasteiger partial charge >= 0.3 is 11.6 Å². The van der Waals surface area contributed by atoms with Crippen LogP contribution in [0.5, 0.6) is 5.75 Å². The van der Waals surface area contributed by atoms with Crippen molar-refractivity contribution in [1.82, 2.24) is 0 Å². The molecule has 2 aromatic heterocycles. The zero-order valence-corrected chi connectivity index (χ0v) is 16.7. The molecule has 146 valence electrons. The Bertz CT molecular complexity index is 1160. The lowest BCUT2D eigenvalue weighted by molar-refractivity contribution is -0.114. The Morgan fingerprint density at radius 2 is 1.93 bits per heavy atom. The number of aromatic hydroxyl groups is 1. The summed E-state index contributed by atoms with van der Waals surface area (Å²) in [4.78, 5) is 36.9. The number of fused-ring (bicyclic) bond motifs is 1. The molecule has 2 heterocycles. The quantitative estimate of drug-likeness (QED) is 0.509. The molecule has 7 nitrogen and oxygen atoms in total. The predicted molar refractivity (Wildman–Crippen MR) is 106 cm³/mol. The van der Waals surface area contributed by atoms with E-state index in [1.54, 1.807) is 19.9 Å². The van der Waals surface area contributed by atoms with Gasteiger partial charge in [0.15, 0.2) is 0 Å². The van der Waals surface area contributed by atoms with Gasteiger partial charge in [-0.25, -0.2) is 9.59 Å². The third-order valence-electron chi connectivity index (χ3n) is 4.46. The summed E-state index contributed by atoms with van der Waals surface area (Å²) in [7, 11) is 0. The van der Waals surface area contributed by atoms with E-state index in [-0.39, 0.29) is 23.8 Å². The Labute approximate surface area is 164 Å². The number of hydrogen-bond acceptors (Lipinski definition) is 7. The lowest BCUT2D eigenvalue weighted by Crippen LogP contribution is -2.12. The Balaban J connectivity index is 1.93. The summed E-state index contributed by atoms with van der Waals surface area (Å²) >= 11 is 1.30. The number of rotatable bonds is 4. The van der Waals surface area contributed by atoms with E-state index >= 15 is 0 Å². The Hall–Kier alpha value is -3.13. The van der Waals surface area contributed by atoms with Crippen LogP contribution >= 0.6 is 11.3 Å². The number of carbonyl (C=O) groups is 2. The lowest BCUT2D eigenvalue weighted by Gasteiger charge is -2.10. The van der Waals surface area contributed by atoms with Gasteiger partial charge in [0, 0.05) is 34.4 Å². The summed E-state index contributed by atoms with van der Waals surface area (Å²) in [6.45, 7) is 6.49. The Kier molecular flexibility index (Phi) is 5.24. The fraction of sp³-hybridized carbons (Fsp3) is 0.250. The van der Waals surface area contributed by atoms with Gasteiger partial charge in [-0.3, -0.25) is 4.79 Å². The van der Waals surface area contributed by atoms with Gasteiger partial charge in [-0.1, -0.05) is 0 Å². The van der Waals surface area contributed by atoms with Crippen LogP contribution in [0.2, 0.25) is 0 Å². The van der Waals surface area contributed by atoms with Crippen molar-refractivity contribution in [2.45, 2.75) is 34.3 Å². The van der Waals surface area contributed by atoms with Crippen molar-refractivity contribution in [3.8, 4) is 5.75 Å². The Morgan fingerprint density at radius 3 is 2.61 bits per heavy atom. The van der Waals surface area contributed by atoms with E-state index in [1.807, 2.05) is 6.92 Å². The predicted octanol–water partition coefficient (Wildman–Crippen LogP) is 3.80. The van der Waals surface area contributed by atoms with Crippen LogP contribution in [-0.2, 0) is 16.1 Å². The first kappa shape index (κ1) is 19.6. The molecule has 0 atom stereocenters. The number of thiophene rings is 1. The van der Waals surface area contributed by atoms with Gasteiger partial charge in [-0.15, -0.1) is 11.3 Å². The summed E-state index contributed by atoms with van der Waals surface area (Å²) < 4.78 is 10.6. The molecule has 28 heavy (non-hydrogen) atoms. The standard InChI is InChI=1S/C20H19NO6S/c1-9-11(3)28-19(21-12(4)22)17(9)20(25)26-8-13-7-16(24)27-18-10(2)15(23)6-5-14(13)18/h5-7,23H,8H2,1-4H3,(H,21,22). The van der Waals surface area contributed by atoms with Crippen molar-refractivity contribution in [2.75, 3.05) is 5.32 Å². The summed E-state index contributed by atoms with van der Waals surface area (Å²) in [6, 6.07) is 4.35. The van der Waals surface area contributed by atoms with Crippen molar-refractivity contribution in [3.63, 3.8) is 0 Å². The highest BCUT2D eigenvalue weighted by atomic mass is 32.1. The first-order valence-electron chi connectivity index (χ1n) is 8.49. The van der Waals surface area contributed by atoms with Crippen LogP contribution in [0.1, 0.15) is 38.8 Å². The first-order chi connectivity index (χ1) is 13.2. The van der Waals surface area contributed by atoms with E-state index in [2.05, 4.69) is 5.32 Å². The molecule has 0 fully saturated rings. The van der Waals surface area contributed by atoms with Crippen LogP contribution in [0.3, 0.4) is 0 Å². The van der Waals surface area contributed by atoms with E-state index in [0.717, 1.165) is 10.4 Å². The first-order valence-corrected chi connectivity index (χ1v) is 9.30. The molecule has 8 heteroatoms. The van der Waals surface area contributed by atoms with E-state index in [0.29, 0.717) is 27.1 Å². The average molecular weight is 401 g/mol. The van der Waals surface area contributed by atoms with Gasteiger partial charge in [0.05, 0.1) is 5.56 Å². The molecule has 1 aromatic carbocycles. The molecule has 0 radical (unpaired) electrons. The zero-order valence-electron chi connectivity index (χ0n) is 15.8. The number of hydrogen-bond donors (Lipinski definition) is 2. The molecular weight excluding hydrogens is 382 g/mol. The molecule has 0 unspecified atom stereocenters. The molecule has 0 aliphatic carbocycles. The van der Waals surface area contributed by atoms with Crippen molar-refractivity contribution < 1.29 is 23.8 Å². The van der Waals surface area contributed by atoms with Gasteiger partial charge in [-0.05, 0) is 38.5 Å². The molecule has 0 aliphatic heterocycles. The van der Waals surface area contributed by atoms with Crippen molar-refractivity contribution in [1.29, 1.82) is 0 Å². The number of aryl methyl sites for hydroxylation is 2. The molecule has 1 amide bonds. The van der Waals surface area contributed by atoms with Gasteiger partial charge in [-0.2, -0.15) is 0 Å². The van der Waals surface area contributed by atoms with Crippen LogP contribution in [0.25, 0.3) is 11.0 Å². The second-order valence-electron chi connectivity index (χ2n) is 6.42. The van der Waals surface area contributed by atoms with E-state index in [4.69, 9.17) is 9.15 Å². The van der Waals surface area contributed by atoms with Crippen LogP contribution in [0.4, 0.5) is 5.00 Å². The lowest BCUT2D eigenvalue weighted by atomic mass is 10.1. The van der Waals surface area contributed by atoms with Crippen molar-refractivity contribution in [3.05, 3.63) is 55.8 Å². The normalized spacial score (nSPS) is 10.9. The minimum Gasteiger partial charge on any atom is -0.508 e. The summed E-state index contributed by atoms with van der Waals surface area (Å²) in [5.74, 6) is -0.867. The van der Waals surface area contributed by atoms with Gasteiger partial charge in [0.2, 0.25) is 5.91 Å². The topological polar surface area (TPSA) is 106 Å². The van der Waals surface area contributed by atoms with Gasteiger partial charge in [0.1, 0.15) is 22.9 Å². The number of phenolic OH excluding ortho intramolecular Hbond substituents is 1. The molecule has 3 aromatic rings.